The summed E-state index contributed by atoms with van der Waals surface area (Å²) in [6.45, 7) is 6.04. The van der Waals surface area contributed by atoms with Gasteiger partial charge < -0.3 is 28.6 Å². The Bertz CT molecular complexity index is 1900. The molecule has 8 heteroatoms. The molecule has 0 radical (unpaired) electrons. The third kappa shape index (κ3) is 10.9. The monoisotopic (exact) mass is 697 g/mol. The number of esters is 1. The van der Waals surface area contributed by atoms with Crippen LogP contribution >= 0.6 is 0 Å². The van der Waals surface area contributed by atoms with Crippen LogP contribution in [-0.4, -0.2) is 45.7 Å². The van der Waals surface area contributed by atoms with E-state index in [1.165, 1.54) is 18.1 Å². The quantitative estimate of drug-likeness (QED) is 0.0463. The second-order valence-electron chi connectivity index (χ2n) is 11.9. The minimum absolute atomic E-state index is 0.00809. The third-order valence-electron chi connectivity index (χ3n) is 8.04. The molecule has 0 aromatic heterocycles. The molecular weight excluding hydrogens is 654 g/mol. The summed E-state index contributed by atoms with van der Waals surface area (Å²) in [6, 6.07) is 40.7. The molecule has 0 heterocycles. The van der Waals surface area contributed by atoms with Gasteiger partial charge in [-0.25, -0.2) is 4.79 Å². The van der Waals surface area contributed by atoms with Crippen LogP contribution in [0.3, 0.4) is 0 Å². The zero-order valence-corrected chi connectivity index (χ0v) is 29.9. The molecule has 8 nitrogen and oxygen atoms in total. The maximum Gasteiger partial charge on any atom is 0.513 e. The van der Waals surface area contributed by atoms with E-state index in [-0.39, 0.29) is 32.4 Å². The molecule has 0 aliphatic heterocycles. The number of nitrogens with zero attached hydrogens (tertiary/aromatic N) is 1. The Balaban J connectivity index is 1.29. The molecule has 52 heavy (non-hydrogen) atoms. The summed E-state index contributed by atoms with van der Waals surface area (Å²) in [5.74, 6) is 0.736. The highest BCUT2D eigenvalue weighted by Crippen LogP contribution is 2.35. The van der Waals surface area contributed by atoms with Crippen molar-refractivity contribution in [2.75, 3.05) is 38.4 Å². The van der Waals surface area contributed by atoms with Gasteiger partial charge in [-0.2, -0.15) is 0 Å². The molecule has 266 valence electrons. The van der Waals surface area contributed by atoms with Gasteiger partial charge in [-0.05, 0) is 96.8 Å². The largest absolute Gasteiger partial charge is 0.513 e. The number of allylic oxidation sites excluding steroid dienone is 2. The minimum Gasteiger partial charge on any atom is -0.497 e. The van der Waals surface area contributed by atoms with Crippen molar-refractivity contribution in [3.8, 4) is 11.5 Å². The first-order chi connectivity index (χ1) is 25.3. The number of anilines is 3. The van der Waals surface area contributed by atoms with Crippen LogP contribution in [0.4, 0.5) is 21.9 Å². The lowest BCUT2D eigenvalue weighted by Gasteiger charge is -2.25. The first-order valence-corrected chi connectivity index (χ1v) is 17.0. The maximum atomic E-state index is 12.2. The number of aryl methyl sites for hydroxylation is 2. The smallest absolute Gasteiger partial charge is 0.497 e. The second kappa shape index (κ2) is 18.8. The maximum absolute atomic E-state index is 12.2. The summed E-state index contributed by atoms with van der Waals surface area (Å²) in [4.78, 5) is 25.2. The fraction of sp³-hybridized carbons (Fsp3) is 0.182. The van der Waals surface area contributed by atoms with Crippen molar-refractivity contribution < 1.29 is 33.3 Å². The van der Waals surface area contributed by atoms with Crippen LogP contribution in [-0.2, 0) is 19.0 Å². The Morgan fingerprint density at radius 2 is 1.08 bits per heavy atom. The number of hydrogen-bond acceptors (Lipinski definition) is 8. The van der Waals surface area contributed by atoms with Crippen molar-refractivity contribution in [2.45, 2.75) is 20.8 Å². The molecule has 0 aliphatic rings. The number of methoxy groups -OCH3 is 1. The number of hydrogen-bond donors (Lipinski definition) is 0. The number of carbonyl (C=O) groups is 2. The average Bonchev–Trinajstić information content (AvgIpc) is 3.15. The highest BCUT2D eigenvalue weighted by atomic mass is 16.7. The lowest BCUT2D eigenvalue weighted by atomic mass is 9.97. The summed E-state index contributed by atoms with van der Waals surface area (Å²) < 4.78 is 25.8. The van der Waals surface area contributed by atoms with E-state index in [0.29, 0.717) is 5.75 Å². The summed E-state index contributed by atoms with van der Waals surface area (Å²) >= 11 is 0. The first kappa shape index (κ1) is 37.1. The van der Waals surface area contributed by atoms with Crippen LogP contribution in [0.1, 0.15) is 34.7 Å². The second-order valence-corrected chi connectivity index (χ2v) is 11.9. The van der Waals surface area contributed by atoms with Crippen molar-refractivity contribution >= 4 is 40.8 Å². The molecule has 0 spiro atoms. The fourth-order valence-electron chi connectivity index (χ4n) is 5.31. The van der Waals surface area contributed by atoms with E-state index in [9.17, 15) is 9.59 Å². The molecule has 0 saturated carbocycles. The van der Waals surface area contributed by atoms with Gasteiger partial charge >= 0.3 is 12.1 Å². The van der Waals surface area contributed by atoms with Gasteiger partial charge in [0.1, 0.15) is 24.7 Å². The SMILES string of the molecule is COc1ccc(/C(=C\C=C\c2ccc(N(c3ccc(C)cc3)c3ccc(C)cc3)cc2)c2ccc(OC(=O)OCCOCCOC(C)=O)cc2)cc1. The van der Waals surface area contributed by atoms with E-state index in [1.54, 1.807) is 19.2 Å². The molecule has 0 amide bonds. The number of rotatable bonds is 15. The van der Waals surface area contributed by atoms with Crippen molar-refractivity contribution in [3.05, 3.63) is 161 Å². The average molecular weight is 698 g/mol. The molecular formula is C44H43NO7. The zero-order valence-electron chi connectivity index (χ0n) is 29.9. The Labute approximate surface area is 305 Å². The van der Waals surface area contributed by atoms with Crippen LogP contribution in [0.2, 0.25) is 0 Å². The third-order valence-corrected chi connectivity index (χ3v) is 8.04. The van der Waals surface area contributed by atoms with Crippen LogP contribution in [0.25, 0.3) is 11.6 Å². The van der Waals surface area contributed by atoms with Gasteiger partial charge in [-0.3, -0.25) is 4.79 Å². The van der Waals surface area contributed by atoms with Crippen LogP contribution < -0.4 is 14.4 Å². The highest BCUT2D eigenvalue weighted by Gasteiger charge is 2.13. The van der Waals surface area contributed by atoms with Crippen molar-refractivity contribution in [2.24, 2.45) is 0 Å². The zero-order chi connectivity index (χ0) is 36.7. The van der Waals surface area contributed by atoms with Crippen molar-refractivity contribution in [1.82, 2.24) is 0 Å². The van der Waals surface area contributed by atoms with Gasteiger partial charge in [0.2, 0.25) is 0 Å². The predicted molar refractivity (Wildman–Crippen MR) is 206 cm³/mol. The van der Waals surface area contributed by atoms with Crippen LogP contribution in [0.5, 0.6) is 11.5 Å². The molecule has 5 aromatic carbocycles. The molecule has 0 bridgehead atoms. The number of carbonyl (C=O) groups excluding carboxylic acids is 2. The summed E-state index contributed by atoms with van der Waals surface area (Å²) in [5.41, 5.74) is 9.64. The molecule has 0 unspecified atom stereocenters. The minimum atomic E-state index is -0.836. The van der Waals surface area contributed by atoms with E-state index in [4.69, 9.17) is 23.7 Å². The van der Waals surface area contributed by atoms with Gasteiger partial charge in [0.05, 0.1) is 20.3 Å². The highest BCUT2D eigenvalue weighted by molar-refractivity contribution is 5.82. The fourth-order valence-corrected chi connectivity index (χ4v) is 5.31. The standard InChI is InChI=1S/C44H43NO7/c1-32-8-18-38(19-9-32)45(39-20-10-33(2)11-21-39)40-22-12-35(13-23-40)6-5-7-43(36-14-24-41(48-4)25-15-36)37-16-26-42(27-17-37)52-44(47)51-31-29-49-28-30-50-34(3)46/h5-27H,28-31H2,1-4H3/b6-5+,43-7+. The normalized spacial score (nSPS) is 11.3. The molecule has 0 N–H and O–H groups in total. The first-order valence-electron chi connectivity index (χ1n) is 17.0. The van der Waals surface area contributed by atoms with Crippen molar-refractivity contribution in [1.29, 1.82) is 0 Å². The van der Waals surface area contributed by atoms with Crippen molar-refractivity contribution in [3.63, 3.8) is 0 Å². The molecule has 5 aromatic rings. The summed E-state index contributed by atoms with van der Waals surface area (Å²) in [6.07, 6.45) is 5.33. The summed E-state index contributed by atoms with van der Waals surface area (Å²) in [5, 5.41) is 0. The van der Waals surface area contributed by atoms with E-state index >= 15 is 0 Å². The number of benzene rings is 5. The topological polar surface area (TPSA) is 83.5 Å². The van der Waals surface area contributed by atoms with Gasteiger partial charge in [0, 0.05) is 24.0 Å². The van der Waals surface area contributed by atoms with Gasteiger partial charge in [0.25, 0.3) is 0 Å². The van der Waals surface area contributed by atoms with Gasteiger partial charge in [0.15, 0.2) is 0 Å². The number of ether oxygens (including phenoxy) is 5. The molecule has 0 aliphatic carbocycles. The van der Waals surface area contributed by atoms with Crippen LogP contribution in [0.15, 0.2) is 133 Å². The van der Waals surface area contributed by atoms with Crippen LogP contribution in [0, 0.1) is 13.8 Å². The lowest BCUT2D eigenvalue weighted by Crippen LogP contribution is -2.16. The Hall–Kier alpha value is -6.12. The Kier molecular flexibility index (Phi) is 13.4. The lowest BCUT2D eigenvalue weighted by molar-refractivity contribution is -0.142. The molecule has 0 fully saturated rings. The Morgan fingerprint density at radius 3 is 1.58 bits per heavy atom. The van der Waals surface area contributed by atoms with E-state index in [0.717, 1.165) is 45.1 Å². The van der Waals surface area contributed by atoms with E-state index in [1.807, 2.05) is 42.5 Å². The van der Waals surface area contributed by atoms with Gasteiger partial charge in [-0.15, -0.1) is 0 Å². The molecule has 0 atom stereocenters. The predicted octanol–water partition coefficient (Wildman–Crippen LogP) is 10.0. The Morgan fingerprint density at radius 1 is 0.596 bits per heavy atom. The molecule has 0 saturated heterocycles. The van der Waals surface area contributed by atoms with E-state index < -0.39 is 6.16 Å². The van der Waals surface area contributed by atoms with Gasteiger partial charge in [-0.1, -0.05) is 90.0 Å². The summed E-state index contributed by atoms with van der Waals surface area (Å²) in [7, 11) is 1.64. The molecule has 5 rings (SSSR count). The van der Waals surface area contributed by atoms with E-state index in [2.05, 4.69) is 104 Å².